The molecule has 0 spiro atoms. The highest BCUT2D eigenvalue weighted by atomic mass is 35.5. The van der Waals surface area contributed by atoms with E-state index in [1.54, 1.807) is 31.2 Å². The Morgan fingerprint density at radius 2 is 1.94 bits per heavy atom. The van der Waals surface area contributed by atoms with Crippen molar-refractivity contribution in [1.29, 1.82) is 0 Å². The maximum absolute atomic E-state index is 13.7. The van der Waals surface area contributed by atoms with Crippen LogP contribution in [0.1, 0.15) is 46.5 Å². The van der Waals surface area contributed by atoms with E-state index in [1.807, 2.05) is 45.0 Å². The Hall–Kier alpha value is -2.94. The number of nitrogens with zero attached hydrogens (tertiary/aromatic N) is 2. The summed E-state index contributed by atoms with van der Waals surface area (Å²) in [6.07, 6.45) is 4.65. The lowest BCUT2D eigenvalue weighted by molar-refractivity contribution is -0.120. The fourth-order valence-electron chi connectivity index (χ4n) is 4.39. The summed E-state index contributed by atoms with van der Waals surface area (Å²) < 4.78 is 34.2. The summed E-state index contributed by atoms with van der Waals surface area (Å²) in [6, 6.07) is 11.4. The maximum Gasteiger partial charge on any atom is 0.248 e. The predicted octanol–water partition coefficient (Wildman–Crippen LogP) is 5.77. The van der Waals surface area contributed by atoms with Gasteiger partial charge in [-0.05, 0) is 75.4 Å². The first-order valence-electron chi connectivity index (χ1n) is 11.9. The molecule has 1 aromatic heterocycles. The predicted molar refractivity (Wildman–Crippen MR) is 142 cm³/mol. The van der Waals surface area contributed by atoms with E-state index >= 15 is 0 Å². The van der Waals surface area contributed by atoms with Crippen molar-refractivity contribution in [3.63, 3.8) is 0 Å². The zero-order valence-electron chi connectivity index (χ0n) is 20.8. The lowest BCUT2D eigenvalue weighted by atomic mass is 9.98. The zero-order valence-corrected chi connectivity index (χ0v) is 22.4. The van der Waals surface area contributed by atoms with Gasteiger partial charge in [-0.1, -0.05) is 52.7 Å². The van der Waals surface area contributed by atoms with Gasteiger partial charge in [0.05, 0.1) is 5.92 Å². The molecule has 0 unspecified atom stereocenters. The van der Waals surface area contributed by atoms with Gasteiger partial charge in [0, 0.05) is 23.8 Å². The number of hydrogen-bond donors (Lipinski definition) is 1. The van der Waals surface area contributed by atoms with Crippen LogP contribution in [-0.4, -0.2) is 36.9 Å². The number of nitrogens with one attached hydrogen (secondary N) is 1. The van der Waals surface area contributed by atoms with Crippen LogP contribution in [0.3, 0.4) is 0 Å². The number of carbonyl (C=O) groups excluding carboxylic acids is 1. The molecule has 7 nitrogen and oxygen atoms in total. The molecule has 1 N–H and O–H groups in total. The molecule has 2 aromatic carbocycles. The molecule has 9 heteroatoms. The molecule has 1 aliphatic heterocycles. The summed E-state index contributed by atoms with van der Waals surface area (Å²) in [5.41, 5.74) is 4.83. The third-order valence-electron chi connectivity index (χ3n) is 6.56. The number of piperidine rings is 1. The molecule has 3 aromatic rings. The molecule has 0 bridgehead atoms. The van der Waals surface area contributed by atoms with Crippen LogP contribution in [0.15, 0.2) is 45.8 Å². The highest BCUT2D eigenvalue weighted by molar-refractivity contribution is 7.89. The van der Waals surface area contributed by atoms with Gasteiger partial charge in [-0.25, -0.2) is 8.42 Å². The number of halogens is 1. The minimum absolute atomic E-state index is 0.0378. The van der Waals surface area contributed by atoms with Gasteiger partial charge in [0.1, 0.15) is 5.69 Å². The van der Waals surface area contributed by atoms with Crippen molar-refractivity contribution in [3.05, 3.63) is 75.1 Å². The second kappa shape index (κ2) is 10.6. The van der Waals surface area contributed by atoms with Crippen LogP contribution in [0.4, 0.5) is 5.69 Å². The number of aryl methyl sites for hydroxylation is 3. The van der Waals surface area contributed by atoms with Crippen LogP contribution >= 0.6 is 11.6 Å². The Morgan fingerprint density at radius 1 is 1.17 bits per heavy atom. The van der Waals surface area contributed by atoms with Crippen LogP contribution < -0.4 is 5.32 Å². The molecule has 0 radical (unpaired) electrons. The standard InChI is InChI=1S/C27H30ClN3O4S/c1-17-10-11-18(2)21(15-17)12-13-25-26(20(4)30-35-25)36(33,34)31-14-6-7-22(16-31)27(32)29-24-9-5-8-23(28)19(24)3/h5,8-13,15,22H,6-7,14,16H2,1-4H3,(H,29,32)/b13-12+/t22-/m0/s1. The molecule has 0 saturated carbocycles. The minimum Gasteiger partial charge on any atom is -0.355 e. The zero-order chi connectivity index (χ0) is 26.0. The molecule has 0 aliphatic carbocycles. The molecule has 4 rings (SSSR count). The van der Waals surface area contributed by atoms with E-state index in [9.17, 15) is 13.2 Å². The summed E-state index contributed by atoms with van der Waals surface area (Å²) in [4.78, 5) is 13.1. The van der Waals surface area contributed by atoms with Gasteiger partial charge in [0.25, 0.3) is 0 Å². The SMILES string of the molecule is Cc1ccc(C)c(/C=C/c2onc(C)c2S(=O)(=O)N2CCC[C@H](C(=O)Nc3cccc(Cl)c3C)C2)c1. The molecule has 2 heterocycles. The van der Waals surface area contributed by atoms with Crippen molar-refractivity contribution in [2.45, 2.75) is 45.4 Å². The van der Waals surface area contributed by atoms with Crippen LogP contribution in [-0.2, 0) is 14.8 Å². The van der Waals surface area contributed by atoms with Crippen molar-refractivity contribution >= 4 is 45.4 Å². The van der Waals surface area contributed by atoms with E-state index in [1.165, 1.54) is 4.31 Å². The Morgan fingerprint density at radius 3 is 2.72 bits per heavy atom. The largest absolute Gasteiger partial charge is 0.355 e. The number of benzene rings is 2. The number of hydrogen-bond acceptors (Lipinski definition) is 5. The lowest BCUT2D eigenvalue weighted by Crippen LogP contribution is -2.44. The number of carbonyl (C=O) groups is 1. The Bertz CT molecular complexity index is 1430. The van der Waals surface area contributed by atoms with Crippen molar-refractivity contribution in [3.8, 4) is 0 Å². The van der Waals surface area contributed by atoms with Gasteiger partial charge >= 0.3 is 0 Å². The van der Waals surface area contributed by atoms with Crippen molar-refractivity contribution < 1.29 is 17.7 Å². The van der Waals surface area contributed by atoms with Crippen molar-refractivity contribution in [2.24, 2.45) is 5.92 Å². The third-order valence-corrected chi connectivity index (χ3v) is 8.99. The average molecular weight is 528 g/mol. The molecule has 1 atom stereocenters. The highest BCUT2D eigenvalue weighted by Crippen LogP contribution is 2.30. The van der Waals surface area contributed by atoms with E-state index in [4.69, 9.17) is 16.1 Å². The molecule has 1 aliphatic rings. The van der Waals surface area contributed by atoms with E-state index < -0.39 is 15.9 Å². The topological polar surface area (TPSA) is 92.5 Å². The van der Waals surface area contributed by atoms with E-state index in [-0.39, 0.29) is 28.8 Å². The molecule has 1 saturated heterocycles. The summed E-state index contributed by atoms with van der Waals surface area (Å²) in [6.45, 7) is 7.85. The molecular weight excluding hydrogens is 498 g/mol. The molecule has 190 valence electrons. The smallest absolute Gasteiger partial charge is 0.248 e. The number of rotatable bonds is 6. The second-order valence-electron chi connectivity index (χ2n) is 9.26. The van der Waals surface area contributed by atoms with Crippen LogP contribution in [0, 0.1) is 33.6 Å². The van der Waals surface area contributed by atoms with Gasteiger partial charge in [0.2, 0.25) is 15.9 Å². The van der Waals surface area contributed by atoms with Crippen molar-refractivity contribution in [1.82, 2.24) is 9.46 Å². The first-order chi connectivity index (χ1) is 17.1. The fourth-order valence-corrected chi connectivity index (χ4v) is 6.33. The Labute approximate surface area is 217 Å². The second-order valence-corrected chi connectivity index (χ2v) is 11.5. The first kappa shape index (κ1) is 26.1. The third kappa shape index (κ3) is 5.40. The van der Waals surface area contributed by atoms with Gasteiger partial charge < -0.3 is 9.84 Å². The van der Waals surface area contributed by atoms with Crippen LogP contribution in [0.25, 0.3) is 12.2 Å². The van der Waals surface area contributed by atoms with Gasteiger partial charge in [-0.2, -0.15) is 4.31 Å². The van der Waals surface area contributed by atoms with Gasteiger partial charge in [0.15, 0.2) is 10.7 Å². The maximum atomic E-state index is 13.7. The fraction of sp³-hybridized carbons (Fsp3) is 0.333. The van der Waals surface area contributed by atoms with Crippen LogP contribution in [0.2, 0.25) is 5.02 Å². The minimum atomic E-state index is -3.93. The van der Waals surface area contributed by atoms with Gasteiger partial charge in [-0.3, -0.25) is 4.79 Å². The summed E-state index contributed by atoms with van der Waals surface area (Å²) in [7, 11) is -3.93. The van der Waals surface area contributed by atoms with E-state index in [2.05, 4.69) is 10.5 Å². The lowest BCUT2D eigenvalue weighted by Gasteiger charge is -2.31. The average Bonchev–Trinajstić information content (AvgIpc) is 3.23. The van der Waals surface area contributed by atoms with Crippen LogP contribution in [0.5, 0.6) is 0 Å². The van der Waals surface area contributed by atoms with Crippen molar-refractivity contribution in [2.75, 3.05) is 18.4 Å². The molecule has 36 heavy (non-hydrogen) atoms. The quantitative estimate of drug-likeness (QED) is 0.439. The summed E-state index contributed by atoms with van der Waals surface area (Å²) >= 11 is 6.17. The number of anilines is 1. The van der Waals surface area contributed by atoms with E-state index in [0.29, 0.717) is 30.1 Å². The van der Waals surface area contributed by atoms with E-state index in [0.717, 1.165) is 22.3 Å². The van der Waals surface area contributed by atoms with Gasteiger partial charge in [-0.15, -0.1) is 0 Å². The number of amides is 1. The Balaban J connectivity index is 1.56. The highest BCUT2D eigenvalue weighted by Gasteiger charge is 2.37. The molecule has 1 amide bonds. The Kier molecular flexibility index (Phi) is 7.68. The first-order valence-corrected chi connectivity index (χ1v) is 13.7. The number of aromatic nitrogens is 1. The molecular formula is C27H30ClN3O4S. The monoisotopic (exact) mass is 527 g/mol. The molecule has 1 fully saturated rings. The summed E-state index contributed by atoms with van der Waals surface area (Å²) in [5, 5.41) is 7.41. The normalized spacial score (nSPS) is 17.0. The number of sulfonamides is 1. The summed E-state index contributed by atoms with van der Waals surface area (Å²) in [5.74, 6) is -0.534.